The van der Waals surface area contributed by atoms with Crippen molar-refractivity contribution in [2.45, 2.75) is 19.4 Å². The van der Waals surface area contributed by atoms with Crippen LogP contribution in [0.3, 0.4) is 0 Å². The lowest BCUT2D eigenvalue weighted by molar-refractivity contribution is 0.437. The van der Waals surface area contributed by atoms with Crippen molar-refractivity contribution in [2.24, 2.45) is 4.99 Å². The van der Waals surface area contributed by atoms with E-state index in [0.29, 0.717) is 6.54 Å². The van der Waals surface area contributed by atoms with E-state index < -0.39 is 35.4 Å². The Balaban J connectivity index is 1.97. The Morgan fingerprint density at radius 1 is 1.17 bits per heavy atom. The van der Waals surface area contributed by atoms with E-state index in [4.69, 9.17) is 0 Å². The van der Waals surface area contributed by atoms with Crippen molar-refractivity contribution >= 4 is 17.3 Å². The lowest BCUT2D eigenvalue weighted by atomic mass is 10.1. The quantitative estimate of drug-likeness (QED) is 0.369. The third-order valence-electron chi connectivity index (χ3n) is 3.46. The highest BCUT2D eigenvalue weighted by Gasteiger charge is 2.19. The highest BCUT2D eigenvalue weighted by molar-refractivity contribution is 7.10. The molecule has 130 valence electrons. The maximum Gasteiger partial charge on any atom is 0.191 e. The highest BCUT2D eigenvalue weighted by atomic mass is 32.1. The molecule has 1 aromatic carbocycles. The Morgan fingerprint density at radius 2 is 1.83 bits per heavy atom. The molecule has 0 saturated heterocycles. The zero-order valence-electron chi connectivity index (χ0n) is 13.2. The predicted molar refractivity (Wildman–Crippen MR) is 87.2 cm³/mol. The molecule has 0 radical (unpaired) electrons. The van der Waals surface area contributed by atoms with E-state index in [1.165, 1.54) is 11.9 Å². The maximum atomic E-state index is 13.6. The second kappa shape index (κ2) is 8.14. The largest absolute Gasteiger partial charge is 0.356 e. The van der Waals surface area contributed by atoms with Crippen molar-refractivity contribution in [1.29, 1.82) is 0 Å². The standard InChI is InChI=1S/C16H17F4N3S/c1-9(13-4-3-5-24-13)7-22-16(21-2)23-8-10-14(19)11(17)6-12(18)15(10)20/h3-6,9H,7-8H2,1-2H3,(H2,21,22,23). The van der Waals surface area contributed by atoms with Crippen LogP contribution in [0.1, 0.15) is 23.3 Å². The molecular formula is C16H17F4N3S. The summed E-state index contributed by atoms with van der Waals surface area (Å²) in [5.41, 5.74) is -0.707. The first-order chi connectivity index (χ1) is 11.4. The van der Waals surface area contributed by atoms with Crippen molar-refractivity contribution in [2.75, 3.05) is 13.6 Å². The van der Waals surface area contributed by atoms with E-state index in [-0.39, 0.29) is 17.9 Å². The molecule has 0 spiro atoms. The first kappa shape index (κ1) is 18.3. The number of guanidine groups is 1. The van der Waals surface area contributed by atoms with Gasteiger partial charge in [0, 0.05) is 42.6 Å². The summed E-state index contributed by atoms with van der Waals surface area (Å²) >= 11 is 1.62. The second-order valence-electron chi connectivity index (χ2n) is 5.17. The van der Waals surface area contributed by atoms with E-state index in [1.54, 1.807) is 11.3 Å². The third-order valence-corrected chi connectivity index (χ3v) is 4.57. The number of hydrogen-bond donors (Lipinski definition) is 2. The number of thiophene rings is 1. The number of nitrogens with zero attached hydrogens (tertiary/aromatic N) is 1. The number of aliphatic imine (C=N–C) groups is 1. The van der Waals surface area contributed by atoms with Gasteiger partial charge in [-0.05, 0) is 11.4 Å². The fourth-order valence-corrected chi connectivity index (χ4v) is 2.88. The molecule has 1 atom stereocenters. The summed E-state index contributed by atoms with van der Waals surface area (Å²) in [6, 6.07) is 4.14. The minimum Gasteiger partial charge on any atom is -0.356 e. The van der Waals surface area contributed by atoms with Crippen molar-refractivity contribution < 1.29 is 17.6 Å². The summed E-state index contributed by atoms with van der Waals surface area (Å²) in [6.07, 6.45) is 0. The summed E-state index contributed by atoms with van der Waals surface area (Å²) in [5, 5.41) is 7.64. The number of benzene rings is 1. The van der Waals surface area contributed by atoms with Crippen LogP contribution < -0.4 is 10.6 Å². The number of nitrogens with one attached hydrogen (secondary N) is 2. The van der Waals surface area contributed by atoms with Gasteiger partial charge >= 0.3 is 0 Å². The normalized spacial score (nSPS) is 13.0. The summed E-state index contributed by atoms with van der Waals surface area (Å²) in [7, 11) is 1.49. The second-order valence-corrected chi connectivity index (χ2v) is 6.15. The number of halogens is 4. The zero-order chi connectivity index (χ0) is 17.7. The molecule has 0 bridgehead atoms. The molecule has 0 saturated carbocycles. The lowest BCUT2D eigenvalue weighted by Gasteiger charge is -2.16. The van der Waals surface area contributed by atoms with Gasteiger partial charge < -0.3 is 10.6 Å². The highest BCUT2D eigenvalue weighted by Crippen LogP contribution is 2.20. The Labute approximate surface area is 141 Å². The molecule has 0 aliphatic rings. The molecule has 1 aromatic heterocycles. The fraction of sp³-hybridized carbons (Fsp3) is 0.312. The van der Waals surface area contributed by atoms with E-state index in [9.17, 15) is 17.6 Å². The Kier molecular flexibility index (Phi) is 6.19. The molecule has 0 fully saturated rings. The minimum absolute atomic E-state index is 0.184. The van der Waals surface area contributed by atoms with Crippen molar-refractivity contribution in [3.05, 3.63) is 57.3 Å². The van der Waals surface area contributed by atoms with Crippen LogP contribution in [0, 0.1) is 23.3 Å². The van der Waals surface area contributed by atoms with Gasteiger partial charge in [0.05, 0.1) is 0 Å². The molecule has 2 rings (SSSR count). The van der Waals surface area contributed by atoms with Crippen LogP contribution >= 0.6 is 11.3 Å². The molecule has 0 aliphatic heterocycles. The van der Waals surface area contributed by atoms with Gasteiger partial charge in [0.1, 0.15) is 0 Å². The average molecular weight is 359 g/mol. The van der Waals surface area contributed by atoms with Crippen LogP contribution in [-0.4, -0.2) is 19.6 Å². The van der Waals surface area contributed by atoms with Gasteiger partial charge in [-0.25, -0.2) is 17.6 Å². The molecule has 1 heterocycles. The monoisotopic (exact) mass is 359 g/mol. The molecule has 8 heteroatoms. The van der Waals surface area contributed by atoms with Crippen LogP contribution in [-0.2, 0) is 6.54 Å². The van der Waals surface area contributed by atoms with E-state index in [1.807, 2.05) is 24.4 Å². The minimum atomic E-state index is -1.43. The zero-order valence-corrected chi connectivity index (χ0v) is 14.0. The molecule has 2 aromatic rings. The van der Waals surface area contributed by atoms with Gasteiger partial charge in [-0.2, -0.15) is 0 Å². The number of hydrogen-bond acceptors (Lipinski definition) is 2. The van der Waals surface area contributed by atoms with E-state index in [2.05, 4.69) is 15.6 Å². The molecule has 3 nitrogen and oxygen atoms in total. The van der Waals surface area contributed by atoms with Crippen molar-refractivity contribution in [3.63, 3.8) is 0 Å². The average Bonchev–Trinajstić information content (AvgIpc) is 3.10. The Hall–Kier alpha value is -2.09. The smallest absolute Gasteiger partial charge is 0.191 e. The molecule has 24 heavy (non-hydrogen) atoms. The summed E-state index contributed by atoms with van der Waals surface area (Å²) in [6.45, 7) is 2.13. The number of rotatable bonds is 5. The van der Waals surface area contributed by atoms with Crippen LogP contribution in [0.2, 0.25) is 0 Å². The SMILES string of the molecule is CN=C(NCc1c(F)c(F)cc(F)c1F)NCC(C)c1cccs1. The van der Waals surface area contributed by atoms with Gasteiger partial charge in [-0.3, -0.25) is 4.99 Å². The van der Waals surface area contributed by atoms with Gasteiger partial charge in [-0.15, -0.1) is 11.3 Å². The molecule has 0 amide bonds. The third kappa shape index (κ3) is 4.25. The van der Waals surface area contributed by atoms with Crippen molar-refractivity contribution in [3.8, 4) is 0 Å². The molecule has 0 aliphatic carbocycles. The van der Waals surface area contributed by atoms with Crippen LogP contribution in [0.5, 0.6) is 0 Å². The first-order valence-electron chi connectivity index (χ1n) is 7.23. The predicted octanol–water partition coefficient (Wildman–Crippen LogP) is 3.77. The van der Waals surface area contributed by atoms with Crippen LogP contribution in [0.25, 0.3) is 0 Å². The topological polar surface area (TPSA) is 36.4 Å². The molecular weight excluding hydrogens is 342 g/mol. The van der Waals surface area contributed by atoms with Gasteiger partial charge in [0.2, 0.25) is 0 Å². The van der Waals surface area contributed by atoms with Gasteiger partial charge in [0.15, 0.2) is 29.2 Å². The lowest BCUT2D eigenvalue weighted by Crippen LogP contribution is -2.39. The summed E-state index contributed by atoms with van der Waals surface area (Å²) < 4.78 is 53.6. The summed E-state index contributed by atoms with van der Waals surface area (Å²) in [4.78, 5) is 5.11. The van der Waals surface area contributed by atoms with E-state index in [0.717, 1.165) is 0 Å². The molecule has 2 N–H and O–H groups in total. The summed E-state index contributed by atoms with van der Waals surface area (Å²) in [5.74, 6) is -5.20. The molecule has 1 unspecified atom stereocenters. The fourth-order valence-electron chi connectivity index (χ4n) is 2.09. The van der Waals surface area contributed by atoms with E-state index >= 15 is 0 Å². The van der Waals surface area contributed by atoms with Crippen molar-refractivity contribution in [1.82, 2.24) is 10.6 Å². The Bertz CT molecular complexity index is 690. The van der Waals surface area contributed by atoms with Gasteiger partial charge in [-0.1, -0.05) is 13.0 Å². The van der Waals surface area contributed by atoms with Gasteiger partial charge in [0.25, 0.3) is 0 Å². The Morgan fingerprint density at radius 3 is 2.38 bits per heavy atom. The maximum absolute atomic E-state index is 13.6. The van der Waals surface area contributed by atoms with Crippen LogP contribution in [0.15, 0.2) is 28.6 Å². The first-order valence-corrected chi connectivity index (χ1v) is 8.11. The van der Waals surface area contributed by atoms with Crippen LogP contribution in [0.4, 0.5) is 17.6 Å².